The maximum absolute atomic E-state index is 11.2. The van der Waals surface area contributed by atoms with Crippen molar-refractivity contribution in [1.29, 1.82) is 5.26 Å². The standard InChI is InChI=1S/C14H8N2O3/c15-7-8-4-5-11-10(6-8)16-13-9(14(17)18)2-1-3-12(13)19-11/h1-6,16H,(H,17,18). The van der Waals surface area contributed by atoms with Gasteiger partial charge in [-0.15, -0.1) is 0 Å². The SMILES string of the molecule is N#Cc1ccc2c(c1)Nc1c(cccc1C(=O)O)O2. The Balaban J connectivity index is 2.13. The normalized spacial score (nSPS) is 11.3. The molecule has 0 aliphatic carbocycles. The minimum Gasteiger partial charge on any atom is -0.478 e. The first kappa shape index (κ1) is 11.1. The molecule has 5 heteroatoms. The fourth-order valence-electron chi connectivity index (χ4n) is 1.96. The van der Waals surface area contributed by atoms with E-state index in [0.717, 1.165) is 0 Å². The molecule has 0 bridgehead atoms. The Hall–Kier alpha value is -3.00. The van der Waals surface area contributed by atoms with Crippen molar-refractivity contribution in [3.63, 3.8) is 0 Å². The highest BCUT2D eigenvalue weighted by Gasteiger charge is 2.22. The largest absolute Gasteiger partial charge is 0.478 e. The number of aromatic carboxylic acids is 1. The van der Waals surface area contributed by atoms with Crippen LogP contribution in [0.5, 0.6) is 11.5 Å². The summed E-state index contributed by atoms with van der Waals surface area (Å²) >= 11 is 0. The third kappa shape index (κ3) is 1.76. The second-order valence-electron chi connectivity index (χ2n) is 4.03. The van der Waals surface area contributed by atoms with Crippen LogP contribution in [0, 0.1) is 11.3 Å². The van der Waals surface area contributed by atoms with Gasteiger partial charge in [0.2, 0.25) is 0 Å². The molecule has 92 valence electrons. The van der Waals surface area contributed by atoms with Crippen LogP contribution in [0.15, 0.2) is 36.4 Å². The lowest BCUT2D eigenvalue weighted by Gasteiger charge is -2.23. The summed E-state index contributed by atoms with van der Waals surface area (Å²) in [5.41, 5.74) is 1.59. The van der Waals surface area contributed by atoms with Crippen LogP contribution in [0.25, 0.3) is 0 Å². The van der Waals surface area contributed by atoms with E-state index in [9.17, 15) is 4.79 Å². The number of nitrogens with zero attached hydrogens (tertiary/aromatic N) is 1. The molecule has 3 rings (SSSR count). The van der Waals surface area contributed by atoms with Gasteiger partial charge >= 0.3 is 5.97 Å². The van der Waals surface area contributed by atoms with Gasteiger partial charge in [-0.1, -0.05) is 6.07 Å². The molecule has 1 aliphatic heterocycles. The highest BCUT2D eigenvalue weighted by Crippen LogP contribution is 2.43. The van der Waals surface area contributed by atoms with Crippen molar-refractivity contribution in [3.8, 4) is 17.6 Å². The summed E-state index contributed by atoms with van der Waals surface area (Å²) in [5, 5.41) is 21.0. The number of nitrogens with one attached hydrogen (secondary N) is 1. The maximum atomic E-state index is 11.2. The molecule has 1 heterocycles. The number of nitriles is 1. The minimum absolute atomic E-state index is 0.130. The number of para-hydroxylation sites is 1. The van der Waals surface area contributed by atoms with E-state index in [1.165, 1.54) is 6.07 Å². The predicted molar refractivity (Wildman–Crippen MR) is 67.9 cm³/mol. The topological polar surface area (TPSA) is 82.4 Å². The predicted octanol–water partition coefficient (Wildman–Crippen LogP) is 3.11. The Labute approximate surface area is 108 Å². The first-order valence-corrected chi connectivity index (χ1v) is 5.54. The summed E-state index contributed by atoms with van der Waals surface area (Å²) in [6, 6.07) is 11.8. The smallest absolute Gasteiger partial charge is 0.337 e. The summed E-state index contributed by atoms with van der Waals surface area (Å²) in [6.45, 7) is 0. The molecule has 0 saturated heterocycles. The van der Waals surface area contributed by atoms with Crippen molar-refractivity contribution in [3.05, 3.63) is 47.5 Å². The molecule has 2 N–H and O–H groups in total. The molecule has 0 radical (unpaired) electrons. The Kier molecular flexibility index (Phi) is 2.36. The minimum atomic E-state index is -1.03. The van der Waals surface area contributed by atoms with E-state index in [4.69, 9.17) is 15.1 Å². The van der Waals surface area contributed by atoms with Crippen molar-refractivity contribution < 1.29 is 14.6 Å². The van der Waals surface area contributed by atoms with E-state index >= 15 is 0 Å². The lowest BCUT2D eigenvalue weighted by molar-refractivity contribution is 0.0697. The molecule has 5 nitrogen and oxygen atoms in total. The molecule has 0 fully saturated rings. The third-order valence-electron chi connectivity index (χ3n) is 2.84. The molecule has 19 heavy (non-hydrogen) atoms. The highest BCUT2D eigenvalue weighted by molar-refractivity contribution is 5.98. The number of anilines is 2. The van der Waals surface area contributed by atoms with Crippen LogP contribution in [0.3, 0.4) is 0 Å². The second kappa shape index (κ2) is 4.03. The van der Waals surface area contributed by atoms with Crippen molar-refractivity contribution >= 4 is 17.3 Å². The molecule has 0 amide bonds. The molecule has 0 unspecified atom stereocenters. The quantitative estimate of drug-likeness (QED) is 0.695. The monoisotopic (exact) mass is 252 g/mol. The Morgan fingerprint density at radius 2 is 2.11 bits per heavy atom. The number of carboxylic acids is 1. The average molecular weight is 252 g/mol. The lowest BCUT2D eigenvalue weighted by atomic mass is 10.1. The van der Waals surface area contributed by atoms with Gasteiger partial charge in [-0.3, -0.25) is 0 Å². The van der Waals surface area contributed by atoms with Crippen LogP contribution in [0.1, 0.15) is 15.9 Å². The van der Waals surface area contributed by atoms with Gasteiger partial charge < -0.3 is 15.2 Å². The first-order chi connectivity index (χ1) is 9.19. The zero-order valence-corrected chi connectivity index (χ0v) is 9.68. The molecule has 2 aromatic rings. The van der Waals surface area contributed by atoms with Gasteiger partial charge in [-0.05, 0) is 30.3 Å². The summed E-state index contributed by atoms with van der Waals surface area (Å²) in [7, 11) is 0. The Morgan fingerprint density at radius 3 is 2.84 bits per heavy atom. The fraction of sp³-hybridized carbons (Fsp3) is 0. The zero-order chi connectivity index (χ0) is 13.4. The van der Waals surface area contributed by atoms with Crippen molar-refractivity contribution in [2.24, 2.45) is 0 Å². The van der Waals surface area contributed by atoms with Crippen LogP contribution < -0.4 is 10.1 Å². The average Bonchev–Trinajstić information content (AvgIpc) is 2.43. The number of hydrogen-bond donors (Lipinski definition) is 2. The molecule has 0 spiro atoms. The summed E-state index contributed by atoms with van der Waals surface area (Å²) in [6.07, 6.45) is 0. The first-order valence-electron chi connectivity index (χ1n) is 5.54. The van der Waals surface area contributed by atoms with E-state index in [2.05, 4.69) is 5.32 Å². The van der Waals surface area contributed by atoms with Gasteiger partial charge in [0, 0.05) is 0 Å². The van der Waals surface area contributed by atoms with Gasteiger partial charge in [0.1, 0.15) is 0 Å². The number of benzene rings is 2. The summed E-state index contributed by atoms with van der Waals surface area (Å²) < 4.78 is 5.63. The fourth-order valence-corrected chi connectivity index (χ4v) is 1.96. The number of ether oxygens (including phenoxy) is 1. The zero-order valence-electron chi connectivity index (χ0n) is 9.68. The van der Waals surface area contributed by atoms with Crippen LogP contribution in [-0.2, 0) is 0 Å². The van der Waals surface area contributed by atoms with Crippen molar-refractivity contribution in [1.82, 2.24) is 0 Å². The third-order valence-corrected chi connectivity index (χ3v) is 2.84. The van der Waals surface area contributed by atoms with Gasteiger partial charge in [0.25, 0.3) is 0 Å². The second-order valence-corrected chi connectivity index (χ2v) is 4.03. The number of rotatable bonds is 1. The van der Waals surface area contributed by atoms with Gasteiger partial charge in [0.05, 0.1) is 28.6 Å². The van der Waals surface area contributed by atoms with Crippen LogP contribution in [0.4, 0.5) is 11.4 Å². The van der Waals surface area contributed by atoms with E-state index in [0.29, 0.717) is 28.4 Å². The molecule has 0 atom stereocenters. The van der Waals surface area contributed by atoms with Crippen LogP contribution in [-0.4, -0.2) is 11.1 Å². The molecule has 0 aromatic heterocycles. The van der Waals surface area contributed by atoms with Crippen LogP contribution in [0.2, 0.25) is 0 Å². The summed E-state index contributed by atoms with van der Waals surface area (Å²) in [5.74, 6) is -0.0148. The highest BCUT2D eigenvalue weighted by atomic mass is 16.5. The van der Waals surface area contributed by atoms with E-state index in [1.54, 1.807) is 30.3 Å². The molecular weight excluding hydrogens is 244 g/mol. The number of carboxylic acid groups (broad SMARTS) is 1. The van der Waals surface area contributed by atoms with E-state index < -0.39 is 5.97 Å². The lowest BCUT2D eigenvalue weighted by Crippen LogP contribution is -2.08. The number of carbonyl (C=O) groups is 1. The van der Waals surface area contributed by atoms with E-state index in [-0.39, 0.29) is 5.56 Å². The number of fused-ring (bicyclic) bond motifs is 2. The molecule has 1 aliphatic rings. The van der Waals surface area contributed by atoms with Crippen LogP contribution >= 0.6 is 0 Å². The van der Waals surface area contributed by atoms with Crippen molar-refractivity contribution in [2.45, 2.75) is 0 Å². The molecule has 0 saturated carbocycles. The van der Waals surface area contributed by atoms with Crippen molar-refractivity contribution in [2.75, 3.05) is 5.32 Å². The molecular formula is C14H8N2O3. The summed E-state index contributed by atoms with van der Waals surface area (Å²) in [4.78, 5) is 11.2. The Morgan fingerprint density at radius 1 is 1.26 bits per heavy atom. The van der Waals surface area contributed by atoms with Gasteiger partial charge in [0.15, 0.2) is 11.5 Å². The maximum Gasteiger partial charge on any atom is 0.337 e. The Bertz CT molecular complexity index is 732. The van der Waals surface area contributed by atoms with E-state index in [1.807, 2.05) is 6.07 Å². The molecule has 2 aromatic carbocycles. The van der Waals surface area contributed by atoms with Gasteiger partial charge in [-0.2, -0.15) is 5.26 Å². The number of hydrogen-bond acceptors (Lipinski definition) is 4. The van der Waals surface area contributed by atoms with Gasteiger partial charge in [-0.25, -0.2) is 4.79 Å².